The third kappa shape index (κ3) is 3.31. The van der Waals surface area contributed by atoms with Gasteiger partial charge in [0.05, 0.1) is 29.3 Å². The Morgan fingerprint density at radius 3 is 2.70 bits per heavy atom. The molecule has 27 heavy (non-hydrogen) atoms. The predicted octanol–water partition coefficient (Wildman–Crippen LogP) is 4.29. The molecule has 0 radical (unpaired) electrons. The van der Waals surface area contributed by atoms with E-state index in [-0.39, 0.29) is 17.8 Å². The van der Waals surface area contributed by atoms with Crippen molar-refractivity contribution in [3.63, 3.8) is 0 Å². The Morgan fingerprint density at radius 1 is 1.30 bits per heavy atom. The molecular weight excluding hydrogens is 479 g/mol. The molecule has 0 unspecified atom stereocenters. The number of halogens is 2. The van der Waals surface area contributed by atoms with Crippen LogP contribution >= 0.6 is 34.2 Å². The highest BCUT2D eigenvalue weighted by atomic mass is 127. The fourth-order valence-corrected chi connectivity index (χ4v) is 4.91. The van der Waals surface area contributed by atoms with Gasteiger partial charge in [0.25, 0.3) is 5.91 Å². The maximum Gasteiger partial charge on any atom is 0.309 e. The fourth-order valence-electron chi connectivity index (χ4n) is 3.86. The molecule has 0 amide bonds. The van der Waals surface area contributed by atoms with Crippen LogP contribution in [0.3, 0.4) is 0 Å². The Labute approximate surface area is 176 Å². The zero-order valence-corrected chi connectivity index (χ0v) is 18.1. The lowest BCUT2D eigenvalue weighted by molar-refractivity contribution is -0.145. The zero-order valence-electron chi connectivity index (χ0n) is 15.2. The third-order valence-corrected chi connectivity index (χ3v) is 6.90. The minimum atomic E-state index is -0.238. The number of carbonyl (C=O) groups is 2. The molecule has 142 valence electrons. The molecule has 0 saturated heterocycles. The summed E-state index contributed by atoms with van der Waals surface area (Å²) in [5.74, 6) is -0.272. The SMILES string of the molecule is COC(=O)[C@H]1CCc2c(I)nn(C(=O)c3c(C4CC4)ccc(C)c3Cl)c2C1. The highest BCUT2D eigenvalue weighted by molar-refractivity contribution is 14.1. The number of hydrogen-bond acceptors (Lipinski definition) is 4. The van der Waals surface area contributed by atoms with Gasteiger partial charge in [0.1, 0.15) is 3.70 Å². The highest BCUT2D eigenvalue weighted by Crippen LogP contribution is 2.44. The minimum Gasteiger partial charge on any atom is -0.469 e. The molecule has 0 spiro atoms. The number of aromatic nitrogens is 2. The van der Waals surface area contributed by atoms with Crippen molar-refractivity contribution in [1.82, 2.24) is 9.78 Å². The maximum atomic E-state index is 13.5. The lowest BCUT2D eigenvalue weighted by atomic mass is 9.88. The van der Waals surface area contributed by atoms with Crippen LogP contribution in [0.25, 0.3) is 0 Å². The fraction of sp³-hybridized carbons (Fsp3) is 0.450. The standard InChI is InChI=1S/C20H20ClIN2O3/c1-10-3-7-13(11-4-5-11)16(17(10)21)19(25)24-15-9-12(20(26)27-2)6-8-14(15)18(22)23-24/h3,7,11-12H,4-6,8-9H2,1-2H3/t12-/m0/s1. The first-order valence-corrected chi connectivity index (χ1v) is 10.6. The van der Waals surface area contributed by atoms with E-state index in [1.807, 2.05) is 19.1 Å². The molecule has 1 aromatic heterocycles. The first-order chi connectivity index (χ1) is 12.9. The summed E-state index contributed by atoms with van der Waals surface area (Å²) in [7, 11) is 1.40. The summed E-state index contributed by atoms with van der Waals surface area (Å²) in [5, 5.41) is 5.03. The van der Waals surface area contributed by atoms with Crippen molar-refractivity contribution in [2.75, 3.05) is 7.11 Å². The van der Waals surface area contributed by atoms with Crippen LogP contribution in [0.15, 0.2) is 12.1 Å². The van der Waals surface area contributed by atoms with E-state index in [2.05, 4.69) is 27.7 Å². The molecule has 0 N–H and O–H groups in total. The number of methoxy groups -OCH3 is 1. The van der Waals surface area contributed by atoms with Crippen molar-refractivity contribution >= 4 is 46.1 Å². The van der Waals surface area contributed by atoms with Gasteiger partial charge in [-0.15, -0.1) is 0 Å². The Kier molecular flexibility index (Phi) is 5.05. The summed E-state index contributed by atoms with van der Waals surface area (Å²) in [4.78, 5) is 25.5. The van der Waals surface area contributed by atoms with Crippen LogP contribution in [0.1, 0.15) is 57.9 Å². The Balaban J connectivity index is 1.79. The second-order valence-electron chi connectivity index (χ2n) is 7.33. The van der Waals surface area contributed by atoms with Crippen molar-refractivity contribution in [3.05, 3.63) is 48.8 Å². The number of hydrogen-bond donors (Lipinski definition) is 0. The van der Waals surface area contributed by atoms with E-state index in [1.165, 1.54) is 11.8 Å². The molecular formula is C20H20ClIN2O3. The van der Waals surface area contributed by atoms with Crippen molar-refractivity contribution in [3.8, 4) is 0 Å². The van der Waals surface area contributed by atoms with Crippen LogP contribution < -0.4 is 0 Å². The second-order valence-corrected chi connectivity index (χ2v) is 8.73. The van der Waals surface area contributed by atoms with Gasteiger partial charge < -0.3 is 4.74 Å². The molecule has 2 aromatic rings. The Morgan fingerprint density at radius 2 is 2.04 bits per heavy atom. The number of esters is 1. The molecule has 1 heterocycles. The van der Waals surface area contributed by atoms with Crippen LogP contribution in [-0.4, -0.2) is 28.8 Å². The van der Waals surface area contributed by atoms with Crippen molar-refractivity contribution < 1.29 is 14.3 Å². The lowest BCUT2D eigenvalue weighted by Gasteiger charge is -2.21. The van der Waals surface area contributed by atoms with Gasteiger partial charge in [-0.3, -0.25) is 9.59 Å². The molecule has 4 rings (SSSR count). The molecule has 0 aliphatic heterocycles. The van der Waals surface area contributed by atoms with Crippen molar-refractivity contribution in [2.45, 2.75) is 44.9 Å². The highest BCUT2D eigenvalue weighted by Gasteiger charge is 2.35. The van der Waals surface area contributed by atoms with Crippen molar-refractivity contribution in [1.29, 1.82) is 0 Å². The summed E-state index contributed by atoms with van der Waals surface area (Å²) < 4.78 is 7.20. The van der Waals surface area contributed by atoms with Gasteiger partial charge in [-0.1, -0.05) is 23.7 Å². The van der Waals surface area contributed by atoms with Crippen LogP contribution in [0, 0.1) is 16.5 Å². The van der Waals surface area contributed by atoms with Gasteiger partial charge in [0.15, 0.2) is 0 Å². The summed E-state index contributed by atoms with van der Waals surface area (Å²) in [6.07, 6.45) is 4.06. The van der Waals surface area contributed by atoms with E-state index in [1.54, 1.807) is 0 Å². The monoisotopic (exact) mass is 498 g/mol. The number of carbonyl (C=O) groups excluding carboxylic acids is 2. The quantitative estimate of drug-likeness (QED) is 0.468. The van der Waals surface area contributed by atoms with E-state index in [0.717, 1.165) is 45.3 Å². The largest absolute Gasteiger partial charge is 0.469 e. The second kappa shape index (κ2) is 7.20. The molecule has 7 heteroatoms. The molecule has 1 atom stereocenters. The average molecular weight is 499 g/mol. The van der Waals surface area contributed by atoms with Gasteiger partial charge in [-0.25, -0.2) is 0 Å². The maximum absolute atomic E-state index is 13.5. The zero-order chi connectivity index (χ0) is 19.3. The van der Waals surface area contributed by atoms with Gasteiger partial charge >= 0.3 is 5.97 Å². The molecule has 1 fully saturated rings. The topological polar surface area (TPSA) is 61.2 Å². The predicted molar refractivity (Wildman–Crippen MR) is 110 cm³/mol. The van der Waals surface area contributed by atoms with Gasteiger partial charge in [0.2, 0.25) is 0 Å². The summed E-state index contributed by atoms with van der Waals surface area (Å²) in [6, 6.07) is 3.99. The Bertz CT molecular complexity index is 949. The van der Waals surface area contributed by atoms with Crippen LogP contribution in [0.5, 0.6) is 0 Å². The minimum absolute atomic E-state index is 0.199. The van der Waals surface area contributed by atoms with E-state index in [0.29, 0.717) is 29.3 Å². The number of rotatable bonds is 3. The van der Waals surface area contributed by atoms with E-state index < -0.39 is 0 Å². The van der Waals surface area contributed by atoms with Gasteiger partial charge in [0, 0.05) is 12.0 Å². The third-order valence-electron chi connectivity index (χ3n) is 5.55. The molecule has 1 saturated carbocycles. The molecule has 5 nitrogen and oxygen atoms in total. The number of benzene rings is 1. The van der Waals surface area contributed by atoms with E-state index in [4.69, 9.17) is 16.3 Å². The molecule has 2 aliphatic rings. The normalized spacial score (nSPS) is 18.9. The van der Waals surface area contributed by atoms with E-state index >= 15 is 0 Å². The first-order valence-electron chi connectivity index (χ1n) is 9.10. The smallest absolute Gasteiger partial charge is 0.309 e. The van der Waals surface area contributed by atoms with Crippen molar-refractivity contribution in [2.24, 2.45) is 5.92 Å². The summed E-state index contributed by atoms with van der Waals surface area (Å²) in [6.45, 7) is 1.91. The molecule has 1 aromatic carbocycles. The van der Waals surface area contributed by atoms with Crippen LogP contribution in [0.4, 0.5) is 0 Å². The van der Waals surface area contributed by atoms with Gasteiger partial charge in [-0.05, 0) is 72.2 Å². The van der Waals surface area contributed by atoms with Crippen LogP contribution in [-0.2, 0) is 22.4 Å². The molecule has 2 aliphatic carbocycles. The average Bonchev–Trinajstić information content (AvgIpc) is 3.46. The summed E-state index contributed by atoms with van der Waals surface area (Å²) >= 11 is 8.74. The number of aryl methyl sites for hydroxylation is 1. The van der Waals surface area contributed by atoms with Crippen LogP contribution in [0.2, 0.25) is 5.02 Å². The number of fused-ring (bicyclic) bond motifs is 1. The lowest BCUT2D eigenvalue weighted by Crippen LogP contribution is -2.27. The number of ether oxygens (including phenoxy) is 1. The van der Waals surface area contributed by atoms with E-state index in [9.17, 15) is 9.59 Å². The first kappa shape index (κ1) is 18.9. The molecule has 0 bridgehead atoms. The Hall–Kier alpha value is -1.41. The summed E-state index contributed by atoms with van der Waals surface area (Å²) in [5.41, 5.74) is 4.31. The van der Waals surface area contributed by atoms with Gasteiger partial charge in [-0.2, -0.15) is 9.78 Å². The number of nitrogens with zero attached hydrogens (tertiary/aromatic N) is 2.